The smallest absolute Gasteiger partial charge is 0.233 e. The van der Waals surface area contributed by atoms with E-state index in [4.69, 9.17) is 4.74 Å². The number of rotatable bonds is 3. The van der Waals surface area contributed by atoms with E-state index in [0.717, 1.165) is 0 Å². The Morgan fingerprint density at radius 2 is 1.88 bits per heavy atom. The highest BCUT2D eigenvalue weighted by atomic mass is 16.5. The largest absolute Gasteiger partial charge is 0.489 e. The summed E-state index contributed by atoms with van der Waals surface area (Å²) in [6.07, 6.45) is 4.96. The third-order valence-electron chi connectivity index (χ3n) is 2.49. The van der Waals surface area contributed by atoms with Crippen LogP contribution in [0.15, 0.2) is 42.5 Å². The van der Waals surface area contributed by atoms with Crippen molar-refractivity contribution in [2.24, 2.45) is 0 Å². The lowest BCUT2D eigenvalue weighted by Gasteiger charge is -2.15. The third-order valence-corrected chi connectivity index (χ3v) is 2.49. The Hall–Kier alpha value is -2.16. The molecule has 3 nitrogen and oxygen atoms in total. The van der Waals surface area contributed by atoms with Crippen molar-refractivity contribution in [3.05, 3.63) is 53.6 Å². The van der Waals surface area contributed by atoms with Crippen molar-refractivity contribution in [2.75, 3.05) is 6.61 Å². The Morgan fingerprint density at radius 3 is 2.59 bits per heavy atom. The fourth-order valence-corrected chi connectivity index (χ4v) is 1.64. The van der Waals surface area contributed by atoms with Crippen LogP contribution in [0.1, 0.15) is 22.8 Å². The molecule has 17 heavy (non-hydrogen) atoms. The van der Waals surface area contributed by atoms with Crippen molar-refractivity contribution in [3.8, 4) is 0 Å². The molecule has 0 fully saturated rings. The molecule has 1 aromatic carbocycles. The van der Waals surface area contributed by atoms with Gasteiger partial charge in [-0.1, -0.05) is 36.4 Å². The van der Waals surface area contributed by atoms with Gasteiger partial charge in [0.05, 0.1) is 0 Å². The summed E-state index contributed by atoms with van der Waals surface area (Å²) in [4.78, 5) is 23.1. The molecule has 0 radical (unpaired) electrons. The van der Waals surface area contributed by atoms with E-state index in [1.54, 1.807) is 18.2 Å². The van der Waals surface area contributed by atoms with Crippen LogP contribution in [0.3, 0.4) is 0 Å². The van der Waals surface area contributed by atoms with Crippen LogP contribution < -0.4 is 0 Å². The Labute approximate surface area is 99.4 Å². The zero-order valence-electron chi connectivity index (χ0n) is 9.47. The molecule has 0 heterocycles. The summed E-state index contributed by atoms with van der Waals surface area (Å²) in [6, 6.07) is 6.97. The molecule has 86 valence electrons. The van der Waals surface area contributed by atoms with Gasteiger partial charge in [0, 0.05) is 17.2 Å². The Kier molecular flexibility index (Phi) is 3.19. The van der Waals surface area contributed by atoms with Gasteiger partial charge in [0.15, 0.2) is 0 Å². The van der Waals surface area contributed by atoms with Crippen molar-refractivity contribution in [1.29, 1.82) is 0 Å². The van der Waals surface area contributed by atoms with E-state index < -0.39 is 11.6 Å². The number of ketones is 2. The summed E-state index contributed by atoms with van der Waals surface area (Å²) < 4.78 is 5.47. The number of Topliss-reactive ketones (excluding diaryl/α,β-unsaturated/α-hetero) is 1. The van der Waals surface area contributed by atoms with Gasteiger partial charge >= 0.3 is 0 Å². The highest BCUT2D eigenvalue weighted by molar-refractivity contribution is 6.50. The van der Waals surface area contributed by atoms with Gasteiger partial charge in [-0.15, -0.1) is 0 Å². The first-order valence-electron chi connectivity index (χ1n) is 5.37. The van der Waals surface area contributed by atoms with E-state index in [1.165, 1.54) is 6.08 Å². The quantitative estimate of drug-likeness (QED) is 0.589. The van der Waals surface area contributed by atoms with E-state index in [9.17, 15) is 9.59 Å². The number of carbonyl (C=O) groups excluding carboxylic acids is 2. The van der Waals surface area contributed by atoms with Gasteiger partial charge < -0.3 is 4.74 Å². The van der Waals surface area contributed by atoms with Crippen molar-refractivity contribution in [3.63, 3.8) is 0 Å². The second-order valence-electron chi connectivity index (χ2n) is 3.63. The highest BCUT2D eigenvalue weighted by Crippen LogP contribution is 2.25. The lowest BCUT2D eigenvalue weighted by molar-refractivity contribution is -0.111. The Balaban J connectivity index is 2.36. The number of hydrogen-bond donors (Lipinski definition) is 0. The molecule has 0 saturated carbocycles. The average molecular weight is 228 g/mol. The van der Waals surface area contributed by atoms with Gasteiger partial charge in [-0.3, -0.25) is 9.59 Å². The average Bonchev–Trinajstić information content (AvgIpc) is 2.36. The van der Waals surface area contributed by atoms with Crippen LogP contribution in [0, 0.1) is 0 Å². The minimum absolute atomic E-state index is 0.387. The molecular formula is C14H12O3. The summed E-state index contributed by atoms with van der Waals surface area (Å²) in [7, 11) is 0. The maximum atomic E-state index is 11.6. The monoisotopic (exact) mass is 228 g/mol. The van der Waals surface area contributed by atoms with Crippen molar-refractivity contribution in [1.82, 2.24) is 0 Å². The number of fused-ring (bicyclic) bond motifs is 1. The van der Waals surface area contributed by atoms with Crippen LogP contribution in [0.25, 0.3) is 5.76 Å². The Morgan fingerprint density at radius 1 is 1.18 bits per heavy atom. The van der Waals surface area contributed by atoms with E-state index >= 15 is 0 Å². The topological polar surface area (TPSA) is 43.4 Å². The maximum absolute atomic E-state index is 11.6. The third kappa shape index (κ3) is 2.18. The molecule has 0 spiro atoms. The van der Waals surface area contributed by atoms with Gasteiger partial charge in [-0.05, 0) is 6.92 Å². The summed E-state index contributed by atoms with van der Waals surface area (Å²) in [5.41, 5.74) is 1.09. The van der Waals surface area contributed by atoms with Crippen LogP contribution in [-0.4, -0.2) is 18.2 Å². The van der Waals surface area contributed by atoms with Crippen LogP contribution >= 0.6 is 0 Å². The number of benzene rings is 1. The lowest BCUT2D eigenvalue weighted by atomic mass is 9.94. The van der Waals surface area contributed by atoms with Gasteiger partial charge in [-0.2, -0.15) is 0 Å². The molecule has 1 aromatic rings. The first-order chi connectivity index (χ1) is 8.24. The van der Waals surface area contributed by atoms with Gasteiger partial charge in [0.2, 0.25) is 11.6 Å². The molecular weight excluding hydrogens is 216 g/mol. The van der Waals surface area contributed by atoms with Crippen molar-refractivity contribution >= 4 is 17.3 Å². The normalized spacial score (nSPS) is 14.8. The van der Waals surface area contributed by atoms with Crippen LogP contribution in [0.4, 0.5) is 0 Å². The van der Waals surface area contributed by atoms with Crippen molar-refractivity contribution < 1.29 is 14.3 Å². The molecule has 0 aliphatic heterocycles. The van der Waals surface area contributed by atoms with E-state index in [1.807, 2.05) is 25.1 Å². The Bertz CT molecular complexity index is 524. The van der Waals surface area contributed by atoms with Gasteiger partial charge in [0.25, 0.3) is 0 Å². The SMILES string of the molecule is CC=CCOC1=CC(=O)C(=O)c2ccccc21. The summed E-state index contributed by atoms with van der Waals surface area (Å²) in [5.74, 6) is -0.540. The zero-order valence-corrected chi connectivity index (χ0v) is 9.47. The lowest BCUT2D eigenvalue weighted by Crippen LogP contribution is -2.19. The molecule has 1 aliphatic carbocycles. The number of ether oxygens (including phenoxy) is 1. The van der Waals surface area contributed by atoms with Crippen LogP contribution in [0.5, 0.6) is 0 Å². The molecule has 0 saturated heterocycles. The second kappa shape index (κ2) is 4.78. The molecule has 3 heteroatoms. The van der Waals surface area contributed by atoms with E-state index in [2.05, 4.69) is 0 Å². The maximum Gasteiger partial charge on any atom is 0.233 e. The molecule has 0 unspecified atom stereocenters. The number of allylic oxidation sites excluding steroid dienone is 2. The van der Waals surface area contributed by atoms with Gasteiger partial charge in [-0.25, -0.2) is 0 Å². The fraction of sp³-hybridized carbons (Fsp3) is 0.143. The van der Waals surface area contributed by atoms with Crippen molar-refractivity contribution in [2.45, 2.75) is 6.92 Å². The van der Waals surface area contributed by atoms with Crippen LogP contribution in [0.2, 0.25) is 0 Å². The molecule has 0 atom stereocenters. The summed E-state index contributed by atoms with van der Waals surface area (Å²) in [5, 5.41) is 0. The minimum Gasteiger partial charge on any atom is -0.489 e. The number of carbonyl (C=O) groups is 2. The number of hydrogen-bond acceptors (Lipinski definition) is 3. The highest BCUT2D eigenvalue weighted by Gasteiger charge is 2.25. The predicted molar refractivity (Wildman–Crippen MR) is 64.5 cm³/mol. The minimum atomic E-state index is -0.529. The molecule has 0 amide bonds. The van der Waals surface area contributed by atoms with Crippen LogP contribution in [-0.2, 0) is 9.53 Å². The summed E-state index contributed by atoms with van der Waals surface area (Å²) >= 11 is 0. The van der Waals surface area contributed by atoms with E-state index in [0.29, 0.717) is 23.5 Å². The molecule has 2 rings (SSSR count). The zero-order chi connectivity index (χ0) is 12.3. The molecule has 0 aromatic heterocycles. The first-order valence-corrected chi connectivity index (χ1v) is 5.37. The standard InChI is InChI=1S/C14H12O3/c1-2-3-8-17-13-9-12(15)14(16)11-7-5-4-6-10(11)13/h2-7,9H,8H2,1H3. The second-order valence-corrected chi connectivity index (χ2v) is 3.63. The molecule has 0 N–H and O–H groups in total. The summed E-state index contributed by atoms with van der Waals surface area (Å²) in [6.45, 7) is 2.28. The van der Waals surface area contributed by atoms with Gasteiger partial charge in [0.1, 0.15) is 12.4 Å². The molecule has 0 bridgehead atoms. The molecule has 1 aliphatic rings. The first kappa shape index (κ1) is 11.3. The fourth-order valence-electron chi connectivity index (χ4n) is 1.64. The predicted octanol–water partition coefficient (Wildman–Crippen LogP) is 2.39. The van der Waals surface area contributed by atoms with E-state index in [-0.39, 0.29) is 0 Å².